The van der Waals surface area contributed by atoms with Gasteiger partial charge in [0, 0.05) is 66.0 Å². The number of carbonyl (C=O) groups excluding carboxylic acids is 15. The van der Waals surface area contributed by atoms with E-state index in [-0.39, 0.29) is 169 Å². The molecule has 20 amide bonds. The lowest BCUT2D eigenvalue weighted by atomic mass is 9.84. The van der Waals surface area contributed by atoms with Crippen LogP contribution in [0.15, 0.2) is 121 Å². The first-order valence-corrected chi connectivity index (χ1v) is 48.1. The van der Waals surface area contributed by atoms with Crippen LogP contribution in [0.5, 0.6) is 0 Å². The number of carbonyl (C=O) groups is 15. The molecule has 5 saturated heterocycles. The first kappa shape index (κ1) is 108. The first-order valence-electron chi connectivity index (χ1n) is 48.1. The number of hydrogen-bond donors (Lipinski definition) is 15. The van der Waals surface area contributed by atoms with E-state index in [4.69, 9.17) is 0 Å². The molecule has 15 N–H and O–H groups in total. The minimum atomic E-state index is -4.41. The summed E-state index contributed by atoms with van der Waals surface area (Å²) in [6, 6.07) is 24.8. The predicted molar refractivity (Wildman–Crippen MR) is 493 cm³/mol. The molecule has 7 saturated carbocycles. The molecule has 42 heteroatoms. The molecule has 0 aromatic heterocycles. The van der Waals surface area contributed by atoms with Crippen molar-refractivity contribution in [2.75, 3.05) is 32.7 Å². The molecule has 17 rings (SSSR count). The number of benzene rings is 5. The van der Waals surface area contributed by atoms with E-state index in [2.05, 4.69) is 79.8 Å². The summed E-state index contributed by atoms with van der Waals surface area (Å²) in [5.41, 5.74) is -5.31. The first-order chi connectivity index (χ1) is 66.8. The fourth-order valence-corrected chi connectivity index (χ4v) is 19.1. The highest BCUT2D eigenvalue weighted by Crippen LogP contribution is 2.48. The Bertz CT molecular complexity index is 5200. The standard InChI is InChI=1S/2C21H25F2N3O3.C21H27F2N3O3.2C19H22F3N3O3/c2*1-20(22,23)14-6-2-12(3-7-14)10-16(13-4-5-13)17(27)24-11-21(15-8-9-15)18(28)25-19(29)26-21;1-12(2)16(10-13-4-6-14(7-5-13)20(3,22)23)17(27)24-11-21(15-8-9-15)18(28)25-19(29)26-21;2*1-17(2,9-11-3-5-13(6-4-11)19(20,21)22)14(26)23-10-18(12-7-8-12)15(27)24-16(28)25-18/h2*2-3,6-7,13,15-16H,4-5,8-11H2,1H3,(H,24,27)(H2,25,26,28,29);4-7,12,15-16H,8-11H2,1-3H3,(H,24,27)(H2,25,26,28,29);2*3-6,12H,7-10H2,1-2H3,(H,23,26)(H2,24,25,27,28)/t16-,21-;;16-,21-;18-;/m0.00./s1. The minimum absolute atomic E-state index is 0.00571. The van der Waals surface area contributed by atoms with Crippen LogP contribution in [0.3, 0.4) is 0 Å². The van der Waals surface area contributed by atoms with Crippen molar-refractivity contribution in [3.05, 3.63) is 177 Å². The Labute approximate surface area is 817 Å². The van der Waals surface area contributed by atoms with E-state index in [0.717, 1.165) is 152 Å². The zero-order valence-electron chi connectivity index (χ0n) is 80.5. The number of hydrogen-bond acceptors (Lipinski definition) is 15. The number of halogens is 12. The van der Waals surface area contributed by atoms with Gasteiger partial charge in [0.1, 0.15) is 27.7 Å². The lowest BCUT2D eigenvalue weighted by Gasteiger charge is -2.29. The highest BCUT2D eigenvalue weighted by Gasteiger charge is 2.62. The molecule has 3 unspecified atom stereocenters. The van der Waals surface area contributed by atoms with Crippen LogP contribution in [-0.2, 0) is 110 Å². The van der Waals surface area contributed by atoms with Crippen LogP contribution in [0, 0.1) is 75.9 Å². The largest absolute Gasteiger partial charge is 0.416 e. The van der Waals surface area contributed by atoms with Crippen molar-refractivity contribution in [1.29, 1.82) is 0 Å². The smallest absolute Gasteiger partial charge is 0.353 e. The summed E-state index contributed by atoms with van der Waals surface area (Å²) in [4.78, 5) is 183. The van der Waals surface area contributed by atoms with Crippen LogP contribution in [-0.4, -0.2) is 150 Å². The van der Waals surface area contributed by atoms with Crippen molar-refractivity contribution in [1.82, 2.24) is 79.8 Å². The lowest BCUT2D eigenvalue weighted by molar-refractivity contribution is -0.138. The number of rotatable bonds is 36. The quantitative estimate of drug-likeness (QED) is 0.0131. The summed E-state index contributed by atoms with van der Waals surface area (Å²) >= 11 is 0. The Morgan fingerprint density at radius 2 is 0.503 bits per heavy atom. The summed E-state index contributed by atoms with van der Waals surface area (Å²) in [5, 5.41) is 38.7. The average Bonchev–Trinajstić information content (AvgIpc) is 1.62. The van der Waals surface area contributed by atoms with Gasteiger partial charge in [-0.25, -0.2) is 50.3 Å². The molecule has 30 nitrogen and oxygen atoms in total. The van der Waals surface area contributed by atoms with Crippen molar-refractivity contribution in [3.8, 4) is 0 Å². The van der Waals surface area contributed by atoms with Gasteiger partial charge >= 0.3 is 42.5 Å². The monoisotopic (exact) mass is 2010 g/mol. The predicted octanol–water partition coefficient (Wildman–Crippen LogP) is 12.4. The van der Waals surface area contributed by atoms with Crippen LogP contribution in [0.4, 0.5) is 76.7 Å². The Kier molecular flexibility index (Phi) is 31.3. The average molecular weight is 2010 g/mol. The normalized spacial score (nSPS) is 23.8. The van der Waals surface area contributed by atoms with Crippen LogP contribution < -0.4 is 79.8 Å². The highest BCUT2D eigenvalue weighted by atomic mass is 19.4. The molecule has 0 bridgehead atoms. The number of nitrogens with one attached hydrogen (secondary N) is 15. The van der Waals surface area contributed by atoms with Gasteiger partial charge in [-0.1, -0.05) is 139 Å². The third kappa shape index (κ3) is 26.5. The Hall–Kier alpha value is -12.7. The summed E-state index contributed by atoms with van der Waals surface area (Å²) in [6.07, 6.45) is 4.93. The van der Waals surface area contributed by atoms with Gasteiger partial charge in [0.15, 0.2) is 0 Å². The van der Waals surface area contributed by atoms with Crippen LogP contribution >= 0.6 is 0 Å². The molecule has 12 fully saturated rings. The molecule has 0 spiro atoms. The van der Waals surface area contributed by atoms with E-state index >= 15 is 0 Å². The summed E-state index contributed by atoms with van der Waals surface area (Å²) in [5.74, 6) is -12.3. The lowest BCUT2D eigenvalue weighted by Crippen LogP contribution is -2.58. The van der Waals surface area contributed by atoms with Gasteiger partial charge < -0.3 is 53.2 Å². The molecule has 143 heavy (non-hydrogen) atoms. The van der Waals surface area contributed by atoms with Crippen LogP contribution in [0.2, 0.25) is 0 Å². The molecule has 0 radical (unpaired) electrons. The highest BCUT2D eigenvalue weighted by molar-refractivity contribution is 6.11. The van der Waals surface area contributed by atoms with E-state index in [1.165, 1.54) is 60.7 Å². The van der Waals surface area contributed by atoms with E-state index in [1.807, 2.05) is 13.8 Å². The maximum Gasteiger partial charge on any atom is 0.416 e. The van der Waals surface area contributed by atoms with Crippen LogP contribution in [0.1, 0.15) is 208 Å². The molecule has 5 aliphatic heterocycles. The zero-order chi connectivity index (χ0) is 105. The van der Waals surface area contributed by atoms with E-state index in [1.54, 1.807) is 64.1 Å². The maximum atomic E-state index is 13.4. The number of imide groups is 5. The molecule has 5 aromatic carbocycles. The maximum absolute atomic E-state index is 13.4. The second kappa shape index (κ2) is 41.6. The molecule has 7 aliphatic carbocycles. The van der Waals surface area contributed by atoms with Crippen molar-refractivity contribution < 1.29 is 125 Å². The van der Waals surface area contributed by atoms with Crippen molar-refractivity contribution >= 4 is 89.2 Å². The number of alkyl halides is 12. The summed E-state index contributed by atoms with van der Waals surface area (Å²) in [7, 11) is 0. The van der Waals surface area contributed by atoms with Crippen molar-refractivity contribution in [2.24, 2.45) is 75.9 Å². The van der Waals surface area contributed by atoms with Gasteiger partial charge in [0.05, 0.1) is 43.9 Å². The molecule has 8 atom stereocenters. The zero-order valence-corrected chi connectivity index (χ0v) is 80.5. The Morgan fingerprint density at radius 1 is 0.294 bits per heavy atom. The van der Waals surface area contributed by atoms with Crippen LogP contribution in [0.25, 0.3) is 0 Å². The second-order valence-electron chi connectivity index (χ2n) is 41.9. The Balaban J connectivity index is 0.000000150. The topological polar surface area (TPSA) is 436 Å². The van der Waals surface area contributed by atoms with Gasteiger partial charge in [-0.3, -0.25) is 74.5 Å². The van der Waals surface area contributed by atoms with E-state index in [0.29, 0.717) is 30.4 Å². The van der Waals surface area contributed by atoms with Crippen molar-refractivity contribution in [2.45, 2.75) is 242 Å². The van der Waals surface area contributed by atoms with Gasteiger partial charge in [-0.05, 0) is 221 Å². The van der Waals surface area contributed by atoms with Gasteiger partial charge in [0.25, 0.3) is 47.3 Å². The van der Waals surface area contributed by atoms with Gasteiger partial charge in [-0.2, -0.15) is 26.3 Å². The second-order valence-corrected chi connectivity index (χ2v) is 41.9. The Morgan fingerprint density at radius 3 is 0.699 bits per heavy atom. The fraction of sp³-hybridized carbons (Fsp3) is 0.554. The summed E-state index contributed by atoms with van der Waals surface area (Å²) < 4.78 is 156. The van der Waals surface area contributed by atoms with E-state index < -0.39 is 128 Å². The molecular formula is C101H121F12N15O15. The number of amides is 20. The minimum Gasteiger partial charge on any atom is -0.353 e. The van der Waals surface area contributed by atoms with Gasteiger partial charge in [0.2, 0.25) is 29.5 Å². The molecule has 5 heterocycles. The molecule has 5 aromatic rings. The molecule has 12 aliphatic rings. The van der Waals surface area contributed by atoms with Crippen molar-refractivity contribution in [3.63, 3.8) is 0 Å². The van der Waals surface area contributed by atoms with Gasteiger partial charge in [-0.15, -0.1) is 0 Å². The fourth-order valence-electron chi connectivity index (χ4n) is 19.1. The third-order valence-corrected chi connectivity index (χ3v) is 28.9. The SMILES string of the molecule is CC(C)(Cc1ccc(C(F)(F)F)cc1)C(=O)NCC1(C2CC2)NC(=O)NC1=O.CC(C)(Cc1ccc(C(F)(F)F)cc1)C(=O)NC[C@@]1(C2CC2)NC(=O)NC1=O.CC(C)[C@H](Cc1ccc(C(C)(F)F)cc1)C(=O)NC[C@@]1(C2CC2)NC(=O)NC1=O.CC(F)(F)c1ccc(CC(C(=O)NCC2(C3CC3)NC(=O)NC2=O)C2CC2)cc1.CC(F)(F)c1ccc(C[C@H](C(=O)NC[C@@]2(C3CC3)NC(=O)NC2=O)C2CC2)cc1. The number of urea groups is 5. The third-order valence-electron chi connectivity index (χ3n) is 28.9. The molecular weight excluding hydrogens is 1890 g/mol. The van der Waals surface area contributed by atoms with E-state index in [9.17, 15) is 125 Å². The summed E-state index contributed by atoms with van der Waals surface area (Å²) in [6.45, 7) is 13.2. The molecule has 774 valence electrons.